The van der Waals surface area contributed by atoms with Crippen LogP contribution in [0.3, 0.4) is 0 Å². The van der Waals surface area contributed by atoms with Crippen LogP contribution < -0.4 is 0 Å². The summed E-state index contributed by atoms with van der Waals surface area (Å²) < 4.78 is 0. The van der Waals surface area contributed by atoms with Crippen LogP contribution in [0.2, 0.25) is 0 Å². The van der Waals surface area contributed by atoms with E-state index < -0.39 is 0 Å². The molecule has 1 rings (SSSR count). The minimum Gasteiger partial charge on any atom is -0.304 e. The molecule has 0 aliphatic carbocycles. The third kappa shape index (κ3) is 1.95. The summed E-state index contributed by atoms with van der Waals surface area (Å²) in [5.74, 6) is 0. The first-order valence-corrected chi connectivity index (χ1v) is 3.75. The van der Waals surface area contributed by atoms with Crippen LogP contribution in [0.25, 0.3) is 0 Å². The Morgan fingerprint density at radius 3 is 2.60 bits per heavy atom. The van der Waals surface area contributed by atoms with Crippen molar-refractivity contribution >= 4 is 5.71 Å². The van der Waals surface area contributed by atoms with Crippen molar-refractivity contribution in [1.82, 2.24) is 4.90 Å². The molecule has 2 nitrogen and oxygen atoms in total. The molecular formula is C8H14N2. The smallest absolute Gasteiger partial charge is 0.0448 e. The van der Waals surface area contributed by atoms with E-state index in [0.717, 1.165) is 19.6 Å². The molecule has 0 radical (unpaired) electrons. The molecule has 1 N–H and O–H groups in total. The summed E-state index contributed by atoms with van der Waals surface area (Å²) in [6, 6.07) is 0. The molecular weight excluding hydrogens is 124 g/mol. The molecule has 0 unspecified atom stereocenters. The van der Waals surface area contributed by atoms with E-state index in [1.807, 2.05) is 0 Å². The average Bonchev–Trinajstić information content (AvgIpc) is 2.40. The van der Waals surface area contributed by atoms with Crippen molar-refractivity contribution in [2.45, 2.75) is 12.8 Å². The lowest BCUT2D eigenvalue weighted by molar-refractivity contribution is 0.388. The summed E-state index contributed by atoms with van der Waals surface area (Å²) in [7, 11) is 0. The molecule has 0 bridgehead atoms. The van der Waals surface area contributed by atoms with E-state index in [4.69, 9.17) is 5.41 Å². The first-order chi connectivity index (χ1) is 4.83. The quantitative estimate of drug-likeness (QED) is 0.584. The van der Waals surface area contributed by atoms with Gasteiger partial charge in [-0.1, -0.05) is 6.58 Å². The molecule has 0 saturated carbocycles. The predicted octanol–water partition coefficient (Wildman–Crippen LogP) is 1.29. The van der Waals surface area contributed by atoms with E-state index >= 15 is 0 Å². The Hall–Kier alpha value is -0.630. The third-order valence-corrected chi connectivity index (χ3v) is 1.84. The second kappa shape index (κ2) is 3.52. The first-order valence-electron chi connectivity index (χ1n) is 3.75. The van der Waals surface area contributed by atoms with Gasteiger partial charge in [-0.3, -0.25) is 4.90 Å². The number of nitrogens with zero attached hydrogens (tertiary/aromatic N) is 1. The highest BCUT2D eigenvalue weighted by molar-refractivity contribution is 5.93. The molecule has 1 fully saturated rings. The molecule has 0 atom stereocenters. The minimum atomic E-state index is 0.641. The predicted molar refractivity (Wildman–Crippen MR) is 43.6 cm³/mol. The maximum Gasteiger partial charge on any atom is 0.0448 e. The fourth-order valence-electron chi connectivity index (χ4n) is 1.25. The van der Waals surface area contributed by atoms with E-state index in [9.17, 15) is 0 Å². The molecule has 10 heavy (non-hydrogen) atoms. The Morgan fingerprint density at radius 1 is 1.50 bits per heavy atom. The Balaban J connectivity index is 2.23. The first kappa shape index (κ1) is 7.48. The molecule has 0 aromatic rings. The molecule has 0 aromatic carbocycles. The van der Waals surface area contributed by atoms with Crippen LogP contribution in [0, 0.1) is 5.41 Å². The lowest BCUT2D eigenvalue weighted by Crippen LogP contribution is -2.25. The number of hydrogen-bond acceptors (Lipinski definition) is 2. The summed E-state index contributed by atoms with van der Waals surface area (Å²) >= 11 is 0. The average molecular weight is 138 g/mol. The topological polar surface area (TPSA) is 27.1 Å². The lowest BCUT2D eigenvalue weighted by Gasteiger charge is -2.12. The SMILES string of the molecule is C=CC(=N)CN1CCCC1. The largest absolute Gasteiger partial charge is 0.304 e. The van der Waals surface area contributed by atoms with Crippen molar-refractivity contribution in [3.63, 3.8) is 0 Å². The molecule has 56 valence electrons. The normalized spacial score (nSPS) is 19.2. The Kier molecular flexibility index (Phi) is 2.63. The van der Waals surface area contributed by atoms with Gasteiger partial charge in [0.15, 0.2) is 0 Å². The molecule has 1 aliphatic rings. The summed E-state index contributed by atoms with van der Waals surface area (Å²) in [6.07, 6.45) is 4.22. The second-order valence-corrected chi connectivity index (χ2v) is 2.71. The Morgan fingerprint density at radius 2 is 2.10 bits per heavy atom. The van der Waals surface area contributed by atoms with Crippen LogP contribution in [-0.4, -0.2) is 30.2 Å². The van der Waals surface area contributed by atoms with Gasteiger partial charge in [-0.25, -0.2) is 0 Å². The molecule has 0 aromatic heterocycles. The Bertz CT molecular complexity index is 134. The van der Waals surface area contributed by atoms with E-state index in [1.165, 1.54) is 12.8 Å². The van der Waals surface area contributed by atoms with Gasteiger partial charge in [-0.15, -0.1) is 0 Å². The van der Waals surface area contributed by atoms with E-state index in [-0.39, 0.29) is 0 Å². The summed E-state index contributed by atoms with van der Waals surface area (Å²) in [4.78, 5) is 2.30. The van der Waals surface area contributed by atoms with Gasteiger partial charge >= 0.3 is 0 Å². The van der Waals surface area contributed by atoms with Gasteiger partial charge < -0.3 is 5.41 Å². The minimum absolute atomic E-state index is 0.641. The van der Waals surface area contributed by atoms with Crippen LogP contribution in [0.4, 0.5) is 0 Å². The maximum absolute atomic E-state index is 7.34. The van der Waals surface area contributed by atoms with Gasteiger partial charge in [0.25, 0.3) is 0 Å². The number of likely N-dealkylation sites (tertiary alicyclic amines) is 1. The van der Waals surface area contributed by atoms with Crippen LogP contribution in [0.1, 0.15) is 12.8 Å². The van der Waals surface area contributed by atoms with Crippen molar-refractivity contribution in [2.24, 2.45) is 0 Å². The number of nitrogens with one attached hydrogen (secondary N) is 1. The zero-order valence-electron chi connectivity index (χ0n) is 6.27. The summed E-state index contributed by atoms with van der Waals surface area (Å²) in [5.41, 5.74) is 0.641. The highest BCUT2D eigenvalue weighted by Gasteiger charge is 2.11. The van der Waals surface area contributed by atoms with Crippen molar-refractivity contribution in [2.75, 3.05) is 19.6 Å². The van der Waals surface area contributed by atoms with Crippen molar-refractivity contribution < 1.29 is 0 Å². The van der Waals surface area contributed by atoms with Gasteiger partial charge in [0.05, 0.1) is 0 Å². The van der Waals surface area contributed by atoms with Gasteiger partial charge in [-0.05, 0) is 32.0 Å². The number of hydrogen-bond donors (Lipinski definition) is 1. The van der Waals surface area contributed by atoms with Crippen LogP contribution >= 0.6 is 0 Å². The van der Waals surface area contributed by atoms with Crippen LogP contribution in [0.5, 0.6) is 0 Å². The number of rotatable bonds is 3. The van der Waals surface area contributed by atoms with Crippen LogP contribution in [-0.2, 0) is 0 Å². The van der Waals surface area contributed by atoms with Gasteiger partial charge in [0, 0.05) is 12.3 Å². The maximum atomic E-state index is 7.34. The monoisotopic (exact) mass is 138 g/mol. The van der Waals surface area contributed by atoms with Crippen molar-refractivity contribution in [3.05, 3.63) is 12.7 Å². The zero-order valence-corrected chi connectivity index (χ0v) is 6.27. The highest BCUT2D eigenvalue weighted by atomic mass is 15.1. The van der Waals surface area contributed by atoms with Crippen molar-refractivity contribution in [3.8, 4) is 0 Å². The van der Waals surface area contributed by atoms with Gasteiger partial charge in [0.1, 0.15) is 0 Å². The summed E-state index contributed by atoms with van der Waals surface area (Å²) in [6.45, 7) is 6.67. The second-order valence-electron chi connectivity index (χ2n) is 2.71. The van der Waals surface area contributed by atoms with Crippen LogP contribution in [0.15, 0.2) is 12.7 Å². The van der Waals surface area contributed by atoms with Gasteiger partial charge in [0.2, 0.25) is 0 Å². The van der Waals surface area contributed by atoms with E-state index in [1.54, 1.807) is 6.08 Å². The molecule has 0 amide bonds. The molecule has 1 aliphatic heterocycles. The molecule has 2 heteroatoms. The summed E-state index contributed by atoms with van der Waals surface area (Å²) in [5, 5.41) is 7.34. The van der Waals surface area contributed by atoms with E-state index in [2.05, 4.69) is 11.5 Å². The van der Waals surface area contributed by atoms with Gasteiger partial charge in [-0.2, -0.15) is 0 Å². The highest BCUT2D eigenvalue weighted by Crippen LogP contribution is 2.06. The van der Waals surface area contributed by atoms with E-state index in [0.29, 0.717) is 5.71 Å². The van der Waals surface area contributed by atoms with Crippen molar-refractivity contribution in [1.29, 1.82) is 5.41 Å². The lowest BCUT2D eigenvalue weighted by atomic mass is 10.3. The molecule has 0 spiro atoms. The standard InChI is InChI=1S/C8H14N2/c1-2-8(9)7-10-5-3-4-6-10/h2,9H,1,3-7H2. The zero-order chi connectivity index (χ0) is 7.40. The molecule has 1 saturated heterocycles. The Labute approximate surface area is 62.0 Å². The third-order valence-electron chi connectivity index (χ3n) is 1.84. The fourth-order valence-corrected chi connectivity index (χ4v) is 1.25. The molecule has 1 heterocycles. The fraction of sp³-hybridized carbons (Fsp3) is 0.625.